The zero-order valence-corrected chi connectivity index (χ0v) is 9.58. The summed E-state index contributed by atoms with van der Waals surface area (Å²) < 4.78 is 0. The van der Waals surface area contributed by atoms with Gasteiger partial charge in [0.15, 0.2) is 0 Å². The molecule has 4 unspecified atom stereocenters. The van der Waals surface area contributed by atoms with Gasteiger partial charge in [-0.25, -0.2) is 4.98 Å². The molecular weight excluding hydrogens is 198 g/mol. The number of hydrogen-bond acceptors (Lipinski definition) is 2. The van der Waals surface area contributed by atoms with Crippen LogP contribution in [0.3, 0.4) is 0 Å². The fourth-order valence-electron chi connectivity index (χ4n) is 4.31. The molecule has 0 radical (unpaired) electrons. The van der Waals surface area contributed by atoms with Crippen LogP contribution in [-0.2, 0) is 6.42 Å². The van der Waals surface area contributed by atoms with Crippen LogP contribution in [0.2, 0.25) is 0 Å². The summed E-state index contributed by atoms with van der Waals surface area (Å²) in [6.45, 7) is 1.12. The minimum absolute atomic E-state index is 0.547. The zero-order valence-electron chi connectivity index (χ0n) is 9.58. The first-order chi connectivity index (χ1) is 7.92. The molecule has 3 heteroatoms. The summed E-state index contributed by atoms with van der Waals surface area (Å²) in [5.74, 6) is 2.87. The van der Waals surface area contributed by atoms with E-state index < -0.39 is 0 Å². The minimum atomic E-state index is 0.547. The van der Waals surface area contributed by atoms with Crippen LogP contribution < -0.4 is 5.32 Å². The number of aromatic amines is 1. The normalized spacial score (nSPS) is 41.2. The third kappa shape index (κ3) is 1.21. The van der Waals surface area contributed by atoms with Crippen molar-refractivity contribution in [3.05, 3.63) is 17.7 Å². The standard InChI is InChI=1S/C13H19N3/c1-2-9-5-8(1)6-10(9)12-13-11(3-4-14-12)15-7-16-13/h7-10,12,14H,1-6H2,(H,15,16). The van der Waals surface area contributed by atoms with E-state index in [2.05, 4.69) is 15.3 Å². The van der Waals surface area contributed by atoms with Crippen LogP contribution in [0.15, 0.2) is 6.33 Å². The molecule has 4 atom stereocenters. The van der Waals surface area contributed by atoms with Crippen LogP contribution in [-0.4, -0.2) is 16.5 Å². The predicted octanol–water partition coefficient (Wildman–Crippen LogP) is 2.03. The Kier molecular flexibility index (Phi) is 1.92. The smallest absolute Gasteiger partial charge is 0.0925 e. The second-order valence-electron chi connectivity index (χ2n) is 5.79. The Balaban J connectivity index is 1.65. The van der Waals surface area contributed by atoms with E-state index in [1.807, 2.05) is 6.33 Å². The summed E-state index contributed by atoms with van der Waals surface area (Å²) in [4.78, 5) is 7.85. The number of rotatable bonds is 1. The Hall–Kier alpha value is -0.830. The molecule has 0 saturated heterocycles. The molecule has 1 aromatic heterocycles. The fourth-order valence-corrected chi connectivity index (χ4v) is 4.31. The maximum Gasteiger partial charge on any atom is 0.0925 e. The second kappa shape index (κ2) is 3.33. The van der Waals surface area contributed by atoms with Crippen LogP contribution >= 0.6 is 0 Å². The van der Waals surface area contributed by atoms with Gasteiger partial charge in [-0.15, -0.1) is 0 Å². The summed E-state index contributed by atoms with van der Waals surface area (Å²) in [6.07, 6.45) is 8.87. The third-order valence-corrected chi connectivity index (χ3v) is 5.01. The molecule has 2 saturated carbocycles. The maximum atomic E-state index is 4.55. The zero-order chi connectivity index (χ0) is 10.5. The Bertz CT molecular complexity index is 398. The van der Waals surface area contributed by atoms with Gasteiger partial charge in [-0.1, -0.05) is 6.42 Å². The van der Waals surface area contributed by atoms with Crippen molar-refractivity contribution in [3.8, 4) is 0 Å². The summed E-state index contributed by atoms with van der Waals surface area (Å²) in [5, 5.41) is 3.71. The molecule has 2 fully saturated rings. The van der Waals surface area contributed by atoms with Crippen molar-refractivity contribution in [2.24, 2.45) is 17.8 Å². The first kappa shape index (κ1) is 9.23. The molecule has 4 rings (SSSR count). The number of hydrogen-bond donors (Lipinski definition) is 2. The number of aromatic nitrogens is 2. The van der Waals surface area contributed by atoms with Gasteiger partial charge >= 0.3 is 0 Å². The van der Waals surface area contributed by atoms with Crippen LogP contribution in [0.4, 0.5) is 0 Å². The minimum Gasteiger partial charge on any atom is -0.348 e. The van der Waals surface area contributed by atoms with Gasteiger partial charge in [0.1, 0.15) is 0 Å². The molecule has 2 bridgehead atoms. The van der Waals surface area contributed by atoms with Gasteiger partial charge in [0.05, 0.1) is 18.1 Å². The van der Waals surface area contributed by atoms with Crippen molar-refractivity contribution < 1.29 is 0 Å². The molecule has 0 amide bonds. The van der Waals surface area contributed by atoms with Gasteiger partial charge in [0, 0.05) is 18.7 Å². The molecule has 2 heterocycles. The van der Waals surface area contributed by atoms with E-state index in [1.165, 1.54) is 37.1 Å². The Labute approximate surface area is 96.0 Å². The lowest BCUT2D eigenvalue weighted by atomic mass is 9.80. The SMILES string of the molecule is c1nc2c([nH]1)CCNC2C1CC2CCC1C2. The molecule has 16 heavy (non-hydrogen) atoms. The molecule has 1 aliphatic heterocycles. The van der Waals surface area contributed by atoms with Crippen molar-refractivity contribution in [2.45, 2.75) is 38.1 Å². The van der Waals surface area contributed by atoms with E-state index in [9.17, 15) is 0 Å². The van der Waals surface area contributed by atoms with Crippen molar-refractivity contribution >= 4 is 0 Å². The van der Waals surface area contributed by atoms with Crippen LogP contribution in [0, 0.1) is 17.8 Å². The van der Waals surface area contributed by atoms with Gasteiger partial charge in [-0.2, -0.15) is 0 Å². The number of imidazole rings is 1. The molecule has 0 spiro atoms. The topological polar surface area (TPSA) is 40.7 Å². The molecular formula is C13H19N3. The second-order valence-corrected chi connectivity index (χ2v) is 5.79. The summed E-state index contributed by atoms with van der Waals surface area (Å²) >= 11 is 0. The Morgan fingerprint density at radius 1 is 1.25 bits per heavy atom. The van der Waals surface area contributed by atoms with Gasteiger partial charge in [-0.3, -0.25) is 0 Å². The van der Waals surface area contributed by atoms with E-state index in [1.54, 1.807) is 0 Å². The molecule has 3 aliphatic rings. The van der Waals surface area contributed by atoms with E-state index in [-0.39, 0.29) is 0 Å². The maximum absolute atomic E-state index is 4.55. The van der Waals surface area contributed by atoms with Gasteiger partial charge in [-0.05, 0) is 37.0 Å². The molecule has 3 nitrogen and oxygen atoms in total. The summed E-state index contributed by atoms with van der Waals surface area (Å²) in [7, 11) is 0. The highest BCUT2D eigenvalue weighted by atomic mass is 15.0. The van der Waals surface area contributed by atoms with Crippen LogP contribution in [0.5, 0.6) is 0 Å². The highest BCUT2D eigenvalue weighted by Gasteiger charge is 2.44. The monoisotopic (exact) mass is 217 g/mol. The summed E-state index contributed by atoms with van der Waals surface area (Å²) in [6, 6.07) is 0.547. The number of fused-ring (bicyclic) bond motifs is 3. The first-order valence-electron chi connectivity index (χ1n) is 6.67. The van der Waals surface area contributed by atoms with E-state index >= 15 is 0 Å². The van der Waals surface area contributed by atoms with E-state index in [0.29, 0.717) is 6.04 Å². The van der Waals surface area contributed by atoms with Gasteiger partial charge < -0.3 is 10.3 Å². The largest absolute Gasteiger partial charge is 0.348 e. The summed E-state index contributed by atoms with van der Waals surface area (Å²) in [5.41, 5.74) is 2.70. The third-order valence-electron chi connectivity index (χ3n) is 5.01. The number of nitrogens with zero attached hydrogens (tertiary/aromatic N) is 1. The van der Waals surface area contributed by atoms with E-state index in [4.69, 9.17) is 0 Å². The average molecular weight is 217 g/mol. The number of H-pyrrole nitrogens is 1. The van der Waals surface area contributed by atoms with Gasteiger partial charge in [0.2, 0.25) is 0 Å². The molecule has 2 N–H and O–H groups in total. The molecule has 1 aromatic rings. The van der Waals surface area contributed by atoms with Crippen molar-refractivity contribution in [3.63, 3.8) is 0 Å². The van der Waals surface area contributed by atoms with Gasteiger partial charge in [0.25, 0.3) is 0 Å². The first-order valence-corrected chi connectivity index (χ1v) is 6.67. The van der Waals surface area contributed by atoms with Crippen molar-refractivity contribution in [2.75, 3.05) is 6.54 Å². The van der Waals surface area contributed by atoms with Crippen molar-refractivity contribution in [1.82, 2.24) is 15.3 Å². The molecule has 0 aromatic carbocycles. The molecule has 2 aliphatic carbocycles. The van der Waals surface area contributed by atoms with E-state index in [0.717, 1.165) is 30.7 Å². The van der Waals surface area contributed by atoms with Crippen molar-refractivity contribution in [1.29, 1.82) is 0 Å². The Morgan fingerprint density at radius 3 is 3.06 bits per heavy atom. The molecule has 86 valence electrons. The highest BCUT2D eigenvalue weighted by molar-refractivity contribution is 5.21. The predicted molar refractivity (Wildman–Crippen MR) is 62.0 cm³/mol. The average Bonchev–Trinajstić information content (AvgIpc) is 3.03. The fraction of sp³-hybridized carbons (Fsp3) is 0.769. The lowest BCUT2D eigenvalue weighted by Gasteiger charge is -2.33. The lowest BCUT2D eigenvalue weighted by Crippen LogP contribution is -2.37. The Morgan fingerprint density at radius 2 is 2.25 bits per heavy atom. The number of nitrogens with one attached hydrogen (secondary N) is 2. The lowest BCUT2D eigenvalue weighted by molar-refractivity contribution is 0.240. The highest BCUT2D eigenvalue weighted by Crippen LogP contribution is 2.52. The quantitative estimate of drug-likeness (QED) is 0.755. The van der Waals surface area contributed by atoms with Crippen LogP contribution in [0.1, 0.15) is 43.1 Å². The van der Waals surface area contributed by atoms with Crippen LogP contribution in [0.25, 0.3) is 0 Å².